The predicted octanol–water partition coefficient (Wildman–Crippen LogP) is 4.13. The van der Waals surface area contributed by atoms with E-state index in [-0.39, 0.29) is 11.8 Å². The van der Waals surface area contributed by atoms with Gasteiger partial charge in [-0.1, -0.05) is 26.8 Å². The van der Waals surface area contributed by atoms with Crippen molar-refractivity contribution in [1.29, 1.82) is 0 Å². The number of hydrogen-bond acceptors (Lipinski definition) is 3. The van der Waals surface area contributed by atoms with Crippen molar-refractivity contribution in [3.63, 3.8) is 0 Å². The minimum absolute atomic E-state index is 0.0490. The van der Waals surface area contributed by atoms with E-state index in [4.69, 9.17) is 4.42 Å². The van der Waals surface area contributed by atoms with Gasteiger partial charge in [0.25, 0.3) is 0 Å². The highest BCUT2D eigenvalue weighted by Gasteiger charge is 2.22. The first-order valence-corrected chi connectivity index (χ1v) is 7.39. The molecule has 2 aromatic rings. The summed E-state index contributed by atoms with van der Waals surface area (Å²) >= 11 is 0. The molecule has 0 unspecified atom stereocenters. The number of nitrogens with one attached hydrogen (secondary N) is 1. The molecule has 1 N–H and O–H groups in total. The molecule has 6 heteroatoms. The molecule has 0 radical (unpaired) electrons. The van der Waals surface area contributed by atoms with Gasteiger partial charge in [0.2, 0.25) is 5.91 Å². The van der Waals surface area contributed by atoms with Crippen LogP contribution in [0, 0.1) is 18.6 Å². The smallest absolute Gasteiger partial charge is 0.224 e. The molecule has 0 aliphatic heterocycles. The van der Waals surface area contributed by atoms with E-state index < -0.39 is 23.2 Å². The fourth-order valence-electron chi connectivity index (χ4n) is 2.03. The van der Waals surface area contributed by atoms with Crippen molar-refractivity contribution in [2.24, 2.45) is 0 Å². The first kappa shape index (κ1) is 17.1. The molecule has 1 aromatic carbocycles. The summed E-state index contributed by atoms with van der Waals surface area (Å²) in [4.78, 5) is 16.3. The summed E-state index contributed by atoms with van der Waals surface area (Å²) in [6.45, 7) is 7.75. The first-order chi connectivity index (χ1) is 10.7. The van der Waals surface area contributed by atoms with Gasteiger partial charge in [0, 0.05) is 18.3 Å². The topological polar surface area (TPSA) is 55.1 Å². The van der Waals surface area contributed by atoms with Crippen LogP contribution in [0.1, 0.15) is 44.5 Å². The molecule has 2 rings (SSSR count). The number of para-hydroxylation sites is 1. The van der Waals surface area contributed by atoms with Crippen LogP contribution in [0.25, 0.3) is 0 Å². The van der Waals surface area contributed by atoms with E-state index >= 15 is 0 Å². The number of aromatic nitrogens is 1. The lowest BCUT2D eigenvalue weighted by Crippen LogP contribution is -2.14. The molecule has 0 atom stereocenters. The van der Waals surface area contributed by atoms with E-state index in [2.05, 4.69) is 10.3 Å². The molecule has 124 valence electrons. The van der Waals surface area contributed by atoms with Gasteiger partial charge in [-0.3, -0.25) is 4.79 Å². The van der Waals surface area contributed by atoms with E-state index in [9.17, 15) is 13.6 Å². The van der Waals surface area contributed by atoms with Gasteiger partial charge in [-0.05, 0) is 19.1 Å². The summed E-state index contributed by atoms with van der Waals surface area (Å²) in [5.74, 6) is -0.875. The second-order valence-electron chi connectivity index (χ2n) is 6.42. The maximum absolute atomic E-state index is 13.5. The molecule has 0 aliphatic carbocycles. The molecule has 1 heterocycles. The quantitative estimate of drug-likeness (QED) is 0.921. The predicted molar refractivity (Wildman–Crippen MR) is 83.2 cm³/mol. The van der Waals surface area contributed by atoms with Gasteiger partial charge in [0.05, 0.1) is 5.69 Å². The number of benzene rings is 1. The van der Waals surface area contributed by atoms with E-state index in [0.29, 0.717) is 18.1 Å². The van der Waals surface area contributed by atoms with Crippen LogP contribution < -0.4 is 5.32 Å². The number of carbonyl (C=O) groups is 1. The van der Waals surface area contributed by atoms with Gasteiger partial charge >= 0.3 is 0 Å². The van der Waals surface area contributed by atoms with Crippen LogP contribution in [-0.2, 0) is 16.6 Å². The van der Waals surface area contributed by atoms with Gasteiger partial charge in [-0.15, -0.1) is 0 Å². The fourth-order valence-corrected chi connectivity index (χ4v) is 2.03. The van der Waals surface area contributed by atoms with Crippen LogP contribution in [0.4, 0.5) is 14.5 Å². The first-order valence-electron chi connectivity index (χ1n) is 7.39. The van der Waals surface area contributed by atoms with Crippen molar-refractivity contribution < 1.29 is 18.0 Å². The molecule has 0 aliphatic rings. The van der Waals surface area contributed by atoms with Crippen molar-refractivity contribution >= 4 is 11.6 Å². The molecular weight excluding hydrogens is 302 g/mol. The Morgan fingerprint density at radius 3 is 2.39 bits per heavy atom. The zero-order valence-corrected chi connectivity index (χ0v) is 13.7. The van der Waals surface area contributed by atoms with E-state index in [1.165, 1.54) is 6.07 Å². The van der Waals surface area contributed by atoms with Crippen molar-refractivity contribution in [3.8, 4) is 0 Å². The molecule has 0 spiro atoms. The summed E-state index contributed by atoms with van der Waals surface area (Å²) in [5.41, 5.74) is 0.0728. The lowest BCUT2D eigenvalue weighted by atomic mass is 9.97. The maximum Gasteiger partial charge on any atom is 0.224 e. The maximum atomic E-state index is 13.5. The van der Waals surface area contributed by atoms with Crippen LogP contribution in [0.2, 0.25) is 0 Å². The third-order valence-electron chi connectivity index (χ3n) is 3.34. The lowest BCUT2D eigenvalue weighted by Gasteiger charge is -2.12. The number of hydrogen-bond donors (Lipinski definition) is 1. The molecular formula is C17H20F2N2O2. The van der Waals surface area contributed by atoms with Crippen LogP contribution in [-0.4, -0.2) is 10.9 Å². The zero-order chi connectivity index (χ0) is 17.2. The minimum atomic E-state index is -0.802. The SMILES string of the molecule is Cc1nc(C(C)(C)C)oc1CCC(=O)Nc1c(F)cccc1F. The second kappa shape index (κ2) is 6.48. The Morgan fingerprint density at radius 1 is 1.26 bits per heavy atom. The van der Waals surface area contributed by atoms with E-state index in [0.717, 1.165) is 17.8 Å². The van der Waals surface area contributed by atoms with Gasteiger partial charge in [-0.2, -0.15) is 0 Å². The van der Waals surface area contributed by atoms with Gasteiger partial charge in [0.15, 0.2) is 5.89 Å². The summed E-state index contributed by atoms with van der Waals surface area (Å²) in [7, 11) is 0. The molecule has 4 nitrogen and oxygen atoms in total. The Hall–Kier alpha value is -2.24. The Kier molecular flexibility index (Phi) is 4.82. The Morgan fingerprint density at radius 2 is 1.87 bits per heavy atom. The lowest BCUT2D eigenvalue weighted by molar-refractivity contribution is -0.116. The van der Waals surface area contributed by atoms with E-state index in [1.54, 1.807) is 0 Å². The van der Waals surface area contributed by atoms with Crippen molar-refractivity contribution in [1.82, 2.24) is 4.98 Å². The molecule has 1 amide bonds. The number of rotatable bonds is 4. The molecule has 1 aromatic heterocycles. The van der Waals surface area contributed by atoms with E-state index in [1.807, 2.05) is 27.7 Å². The standard InChI is InChI=1S/C17H20F2N2O2/c1-10-13(23-16(20-10)17(2,3)4)8-9-14(22)21-15-11(18)6-5-7-12(15)19/h5-7H,8-9H2,1-4H3,(H,21,22). The van der Waals surface area contributed by atoms with Crippen LogP contribution >= 0.6 is 0 Å². The highest BCUT2D eigenvalue weighted by atomic mass is 19.1. The largest absolute Gasteiger partial charge is 0.445 e. The second-order valence-corrected chi connectivity index (χ2v) is 6.42. The Labute approximate surface area is 133 Å². The summed E-state index contributed by atoms with van der Waals surface area (Å²) < 4.78 is 32.7. The number of nitrogens with zero attached hydrogens (tertiary/aromatic N) is 1. The van der Waals surface area contributed by atoms with Crippen molar-refractivity contribution in [3.05, 3.63) is 47.2 Å². The normalized spacial score (nSPS) is 11.6. The summed E-state index contributed by atoms with van der Waals surface area (Å²) in [6.07, 6.45) is 0.365. The molecule has 0 bridgehead atoms. The highest BCUT2D eigenvalue weighted by Crippen LogP contribution is 2.24. The third-order valence-corrected chi connectivity index (χ3v) is 3.34. The fraction of sp³-hybridized carbons (Fsp3) is 0.412. The van der Waals surface area contributed by atoms with Crippen LogP contribution in [0.3, 0.4) is 0 Å². The molecule has 0 fully saturated rings. The number of anilines is 1. The Balaban J connectivity index is 2.01. The molecule has 0 saturated heterocycles. The number of carbonyl (C=O) groups excluding carboxylic acids is 1. The number of amides is 1. The number of oxazole rings is 1. The monoisotopic (exact) mass is 322 g/mol. The molecule has 23 heavy (non-hydrogen) atoms. The third kappa shape index (κ3) is 4.15. The highest BCUT2D eigenvalue weighted by molar-refractivity contribution is 5.91. The number of aryl methyl sites for hydroxylation is 2. The van der Waals surface area contributed by atoms with Crippen molar-refractivity contribution in [2.45, 2.75) is 46.0 Å². The summed E-state index contributed by atoms with van der Waals surface area (Å²) in [6, 6.07) is 3.43. The van der Waals surface area contributed by atoms with Gasteiger partial charge in [-0.25, -0.2) is 13.8 Å². The van der Waals surface area contributed by atoms with Gasteiger partial charge < -0.3 is 9.73 Å². The van der Waals surface area contributed by atoms with Crippen LogP contribution in [0.15, 0.2) is 22.6 Å². The number of halogens is 2. The average molecular weight is 322 g/mol. The average Bonchev–Trinajstić information content (AvgIpc) is 2.82. The van der Waals surface area contributed by atoms with Gasteiger partial charge in [0.1, 0.15) is 23.1 Å². The minimum Gasteiger partial charge on any atom is -0.445 e. The van der Waals surface area contributed by atoms with Crippen LogP contribution in [0.5, 0.6) is 0 Å². The molecule has 0 saturated carbocycles. The summed E-state index contributed by atoms with van der Waals surface area (Å²) in [5, 5.41) is 2.25. The Bertz CT molecular complexity index is 698. The van der Waals surface area contributed by atoms with Crippen molar-refractivity contribution in [2.75, 3.05) is 5.32 Å². The zero-order valence-electron chi connectivity index (χ0n) is 13.7.